The number of allylic oxidation sites excluding steroid dienone is 1. The van der Waals surface area contributed by atoms with Crippen molar-refractivity contribution in [1.82, 2.24) is 10.6 Å². The molecule has 5 nitrogen and oxygen atoms in total. The Bertz CT molecular complexity index is 842. The summed E-state index contributed by atoms with van der Waals surface area (Å²) in [6, 6.07) is 0. The fourth-order valence-electron chi connectivity index (χ4n) is 9.90. The number of nitrogens with two attached hydrogens (primary N) is 1. The van der Waals surface area contributed by atoms with Crippen molar-refractivity contribution < 1.29 is 9.53 Å². The summed E-state index contributed by atoms with van der Waals surface area (Å²) in [6.07, 6.45) is 19.2. The number of carbonyl (C=O) groups is 1. The van der Waals surface area contributed by atoms with E-state index in [1.54, 1.807) is 5.57 Å². The fraction of sp³-hybridized carbons (Fsp3) is 0.914. The number of nitrogens with one attached hydrogen (secondary N) is 2. The second-order valence-corrected chi connectivity index (χ2v) is 15.1. The molecule has 0 radical (unpaired) electrons. The monoisotopic (exact) mass is 557 g/mol. The summed E-state index contributed by atoms with van der Waals surface area (Å²) in [6.45, 7) is 16.3. The highest BCUT2D eigenvalue weighted by Gasteiger charge is 2.59. The molecule has 0 aromatic rings. The van der Waals surface area contributed by atoms with E-state index in [2.05, 4.69) is 51.3 Å². The molecule has 3 saturated carbocycles. The SMILES string of the molecule is CC(C)CCC[C@@H](C)[C@H]1CC[C@H]2[C@@H]3CC=C4C[C@@H](OC(=O)CNCCCCNCCN)CC[C@]4(C)[C@H]3CC[C@]12C. The van der Waals surface area contributed by atoms with Crippen LogP contribution in [0, 0.1) is 46.3 Å². The van der Waals surface area contributed by atoms with E-state index in [9.17, 15) is 4.79 Å². The van der Waals surface area contributed by atoms with E-state index in [-0.39, 0.29) is 12.1 Å². The highest BCUT2D eigenvalue weighted by molar-refractivity contribution is 5.71. The van der Waals surface area contributed by atoms with E-state index in [0.717, 1.165) is 80.8 Å². The zero-order chi connectivity index (χ0) is 28.8. The van der Waals surface area contributed by atoms with Gasteiger partial charge in [0.1, 0.15) is 6.10 Å². The predicted octanol–water partition coefficient (Wildman–Crippen LogP) is 6.86. The van der Waals surface area contributed by atoms with Crippen molar-refractivity contribution in [3.8, 4) is 0 Å². The summed E-state index contributed by atoms with van der Waals surface area (Å²) in [5.74, 6) is 5.10. The first-order valence-electron chi connectivity index (χ1n) is 17.2. The zero-order valence-corrected chi connectivity index (χ0v) is 26.7. The highest BCUT2D eigenvalue weighted by atomic mass is 16.5. The number of unbranched alkanes of at least 4 members (excludes halogenated alkanes) is 1. The Morgan fingerprint density at radius 2 is 1.75 bits per heavy atom. The molecule has 0 spiro atoms. The van der Waals surface area contributed by atoms with Gasteiger partial charge in [0.15, 0.2) is 0 Å². The summed E-state index contributed by atoms with van der Waals surface area (Å²) in [5, 5.41) is 6.59. The average molecular weight is 558 g/mol. The van der Waals surface area contributed by atoms with E-state index in [1.165, 1.54) is 57.8 Å². The first-order valence-corrected chi connectivity index (χ1v) is 17.2. The van der Waals surface area contributed by atoms with Crippen molar-refractivity contribution in [3.05, 3.63) is 11.6 Å². The Morgan fingerprint density at radius 3 is 2.50 bits per heavy atom. The third kappa shape index (κ3) is 7.35. The number of rotatable bonds is 15. The molecule has 4 N–H and O–H groups in total. The maximum Gasteiger partial charge on any atom is 0.320 e. The Morgan fingerprint density at radius 1 is 0.975 bits per heavy atom. The van der Waals surface area contributed by atoms with Crippen LogP contribution in [0.25, 0.3) is 0 Å². The molecular weight excluding hydrogens is 494 g/mol. The second-order valence-electron chi connectivity index (χ2n) is 15.1. The molecule has 5 heteroatoms. The van der Waals surface area contributed by atoms with Gasteiger partial charge in [-0.15, -0.1) is 0 Å². The molecule has 0 aromatic heterocycles. The Kier molecular flexibility index (Phi) is 11.6. The number of fused-ring (bicyclic) bond motifs is 5. The fourth-order valence-corrected chi connectivity index (χ4v) is 9.90. The minimum absolute atomic E-state index is 0.0574. The van der Waals surface area contributed by atoms with Gasteiger partial charge in [-0.05, 0) is 117 Å². The van der Waals surface area contributed by atoms with Gasteiger partial charge in [0.05, 0.1) is 6.54 Å². The zero-order valence-electron chi connectivity index (χ0n) is 26.7. The van der Waals surface area contributed by atoms with Crippen LogP contribution in [0.2, 0.25) is 0 Å². The van der Waals surface area contributed by atoms with E-state index >= 15 is 0 Å². The van der Waals surface area contributed by atoms with Crippen LogP contribution in [-0.4, -0.2) is 44.8 Å². The van der Waals surface area contributed by atoms with Crippen LogP contribution in [0.5, 0.6) is 0 Å². The van der Waals surface area contributed by atoms with Crippen LogP contribution in [0.4, 0.5) is 0 Å². The van der Waals surface area contributed by atoms with Gasteiger partial charge in [-0.1, -0.05) is 65.5 Å². The van der Waals surface area contributed by atoms with E-state index < -0.39 is 0 Å². The molecular formula is C35H63N3O2. The lowest BCUT2D eigenvalue weighted by Gasteiger charge is -2.58. The average Bonchev–Trinajstić information content (AvgIpc) is 3.27. The van der Waals surface area contributed by atoms with Crippen molar-refractivity contribution in [2.45, 2.75) is 124 Å². The van der Waals surface area contributed by atoms with Crippen molar-refractivity contribution in [2.24, 2.45) is 52.1 Å². The number of hydrogen-bond donors (Lipinski definition) is 3. The molecule has 3 fully saturated rings. The largest absolute Gasteiger partial charge is 0.461 e. The van der Waals surface area contributed by atoms with E-state index in [4.69, 9.17) is 10.5 Å². The first-order chi connectivity index (χ1) is 19.2. The van der Waals surface area contributed by atoms with Crippen LogP contribution in [-0.2, 0) is 9.53 Å². The summed E-state index contributed by atoms with van der Waals surface area (Å²) in [5.41, 5.74) is 7.96. The van der Waals surface area contributed by atoms with E-state index in [1.807, 2.05) is 0 Å². The summed E-state index contributed by atoms with van der Waals surface area (Å²) >= 11 is 0. The van der Waals surface area contributed by atoms with Gasteiger partial charge < -0.3 is 21.1 Å². The molecule has 0 unspecified atom stereocenters. The number of ether oxygens (including phenoxy) is 1. The molecule has 8 atom stereocenters. The number of esters is 1. The van der Waals surface area contributed by atoms with E-state index in [0.29, 0.717) is 23.9 Å². The Labute approximate surface area is 246 Å². The summed E-state index contributed by atoms with van der Waals surface area (Å²) in [4.78, 5) is 12.6. The lowest BCUT2D eigenvalue weighted by atomic mass is 9.47. The second kappa shape index (κ2) is 14.5. The quantitative estimate of drug-likeness (QED) is 0.117. The molecule has 4 aliphatic carbocycles. The molecule has 230 valence electrons. The molecule has 0 aromatic carbocycles. The van der Waals surface area contributed by atoms with Gasteiger partial charge in [-0.25, -0.2) is 0 Å². The van der Waals surface area contributed by atoms with Gasteiger partial charge in [-0.2, -0.15) is 0 Å². The molecule has 0 aliphatic heterocycles. The van der Waals surface area contributed by atoms with Gasteiger partial charge in [0.25, 0.3) is 0 Å². The van der Waals surface area contributed by atoms with Gasteiger partial charge in [-0.3, -0.25) is 4.79 Å². The van der Waals surface area contributed by atoms with Crippen molar-refractivity contribution >= 4 is 5.97 Å². The van der Waals surface area contributed by atoms with Crippen molar-refractivity contribution in [3.63, 3.8) is 0 Å². The maximum absolute atomic E-state index is 12.6. The lowest BCUT2D eigenvalue weighted by Crippen LogP contribution is -2.51. The van der Waals surface area contributed by atoms with Gasteiger partial charge >= 0.3 is 5.97 Å². The Hall–Kier alpha value is -0.910. The molecule has 40 heavy (non-hydrogen) atoms. The summed E-state index contributed by atoms with van der Waals surface area (Å²) < 4.78 is 5.99. The molecule has 4 rings (SSSR count). The molecule has 4 aliphatic rings. The third-order valence-corrected chi connectivity index (χ3v) is 12.1. The normalized spacial score (nSPS) is 36.0. The number of hydrogen-bond acceptors (Lipinski definition) is 5. The summed E-state index contributed by atoms with van der Waals surface area (Å²) in [7, 11) is 0. The number of carbonyl (C=O) groups excluding carboxylic acids is 1. The van der Waals surface area contributed by atoms with Crippen LogP contribution in [0.1, 0.15) is 118 Å². The smallest absolute Gasteiger partial charge is 0.320 e. The standard InChI is InChI=1S/C35H63N3O2/c1-25(2)9-8-10-26(3)30-13-14-31-29-12-11-27-23-28(15-17-34(27,4)32(29)16-18-35(30,31)5)40-33(39)24-38-21-7-6-20-37-22-19-36/h11,25-26,28-32,37-38H,6-10,12-24,36H2,1-5H3/t26-,28+,29+,30-,31+,32+,34+,35-/m1/s1. The Balaban J connectivity index is 1.26. The topological polar surface area (TPSA) is 76.4 Å². The molecule has 0 saturated heterocycles. The van der Waals surface area contributed by atoms with Crippen molar-refractivity contribution in [1.29, 1.82) is 0 Å². The molecule has 0 heterocycles. The van der Waals surface area contributed by atoms with Crippen LogP contribution in [0.15, 0.2) is 11.6 Å². The van der Waals surface area contributed by atoms with Gasteiger partial charge in [0.2, 0.25) is 0 Å². The van der Waals surface area contributed by atoms with Crippen LogP contribution >= 0.6 is 0 Å². The third-order valence-electron chi connectivity index (χ3n) is 12.1. The minimum Gasteiger partial charge on any atom is -0.461 e. The maximum atomic E-state index is 12.6. The molecule has 0 amide bonds. The van der Waals surface area contributed by atoms with Crippen LogP contribution in [0.3, 0.4) is 0 Å². The minimum atomic E-state index is -0.0860. The highest BCUT2D eigenvalue weighted by Crippen LogP contribution is 2.67. The van der Waals surface area contributed by atoms with Crippen LogP contribution < -0.4 is 16.4 Å². The first kappa shape index (κ1) is 32.0. The lowest BCUT2D eigenvalue weighted by molar-refractivity contribution is -0.150. The van der Waals surface area contributed by atoms with Gasteiger partial charge in [0, 0.05) is 19.5 Å². The van der Waals surface area contributed by atoms with Crippen molar-refractivity contribution in [2.75, 3.05) is 32.7 Å². The predicted molar refractivity (Wildman–Crippen MR) is 167 cm³/mol. The molecule has 0 bridgehead atoms.